The molecule has 0 aromatic heterocycles. The highest BCUT2D eigenvalue weighted by Gasteiger charge is 2.10. The van der Waals surface area contributed by atoms with Gasteiger partial charge in [0, 0.05) is 24.9 Å². The van der Waals surface area contributed by atoms with Gasteiger partial charge in [-0.3, -0.25) is 4.79 Å². The summed E-state index contributed by atoms with van der Waals surface area (Å²) < 4.78 is 15.4. The third-order valence-corrected chi connectivity index (χ3v) is 2.37. The number of nitrogens with two attached hydrogens (primary N) is 1. The van der Waals surface area contributed by atoms with Crippen molar-refractivity contribution in [3.8, 4) is 11.5 Å². The molecule has 0 radical (unpaired) electrons. The Balaban J connectivity index is 2.52. The maximum atomic E-state index is 11.6. The summed E-state index contributed by atoms with van der Waals surface area (Å²) in [5.41, 5.74) is 6.20. The molecule has 6 heteroatoms. The van der Waals surface area contributed by atoms with Gasteiger partial charge in [-0.15, -0.1) is 0 Å². The first-order chi connectivity index (χ1) is 9.06. The Kier molecular flexibility index (Phi) is 5.95. The van der Waals surface area contributed by atoms with E-state index in [0.717, 1.165) is 0 Å². The smallest absolute Gasteiger partial charge is 0.258 e. The largest absolute Gasteiger partial charge is 0.493 e. The number of nitrogen functional groups attached to an aromatic ring is 1. The lowest BCUT2D eigenvalue weighted by Gasteiger charge is -2.14. The predicted octanol–water partition coefficient (Wildman–Crippen LogP) is 0.807. The second-order valence-electron chi connectivity index (χ2n) is 4.12. The van der Waals surface area contributed by atoms with Crippen LogP contribution in [0.3, 0.4) is 0 Å². The second kappa shape index (κ2) is 7.48. The maximum absolute atomic E-state index is 11.6. The van der Waals surface area contributed by atoms with E-state index in [0.29, 0.717) is 23.8 Å². The third kappa shape index (κ3) is 5.05. The molecule has 19 heavy (non-hydrogen) atoms. The lowest BCUT2D eigenvalue weighted by molar-refractivity contribution is -0.124. The fraction of sp³-hybridized carbons (Fsp3) is 0.462. The van der Waals surface area contributed by atoms with Crippen LogP contribution in [0.4, 0.5) is 5.69 Å². The van der Waals surface area contributed by atoms with Crippen molar-refractivity contribution >= 4 is 11.6 Å². The second-order valence-corrected chi connectivity index (χ2v) is 4.12. The molecule has 1 unspecified atom stereocenters. The van der Waals surface area contributed by atoms with Crippen molar-refractivity contribution in [3.05, 3.63) is 18.2 Å². The minimum absolute atomic E-state index is 0.0659. The maximum Gasteiger partial charge on any atom is 0.258 e. The number of methoxy groups -OCH3 is 2. The van der Waals surface area contributed by atoms with Crippen molar-refractivity contribution in [3.63, 3.8) is 0 Å². The standard InChI is InChI=1S/C13H20N2O4/c1-9(7-17-2)15-13(16)8-19-12-6-10(14)4-5-11(12)18-3/h4-6,9H,7-8,14H2,1-3H3,(H,15,16). The Morgan fingerprint density at radius 1 is 1.37 bits per heavy atom. The normalized spacial score (nSPS) is 11.7. The van der Waals surface area contributed by atoms with Gasteiger partial charge in [0.25, 0.3) is 5.91 Å². The topological polar surface area (TPSA) is 82.8 Å². The van der Waals surface area contributed by atoms with Crippen molar-refractivity contribution in [1.29, 1.82) is 0 Å². The molecule has 1 atom stereocenters. The van der Waals surface area contributed by atoms with E-state index in [9.17, 15) is 4.79 Å². The van der Waals surface area contributed by atoms with Crippen LogP contribution in [0.5, 0.6) is 11.5 Å². The van der Waals surface area contributed by atoms with E-state index in [1.807, 2.05) is 6.92 Å². The lowest BCUT2D eigenvalue weighted by Crippen LogP contribution is -2.38. The number of hydrogen-bond acceptors (Lipinski definition) is 5. The summed E-state index contributed by atoms with van der Waals surface area (Å²) in [6.07, 6.45) is 0. The van der Waals surface area contributed by atoms with E-state index in [4.69, 9.17) is 19.9 Å². The number of rotatable bonds is 7. The summed E-state index contributed by atoms with van der Waals surface area (Å²) in [7, 11) is 3.11. The Labute approximate surface area is 112 Å². The van der Waals surface area contributed by atoms with Gasteiger partial charge in [-0.05, 0) is 19.1 Å². The molecule has 106 valence electrons. The van der Waals surface area contributed by atoms with Crippen molar-refractivity contribution in [1.82, 2.24) is 5.32 Å². The van der Waals surface area contributed by atoms with Crippen LogP contribution in [-0.2, 0) is 9.53 Å². The molecule has 0 saturated carbocycles. The van der Waals surface area contributed by atoms with Gasteiger partial charge in [0.05, 0.1) is 13.7 Å². The molecule has 1 amide bonds. The molecule has 0 bridgehead atoms. The first kappa shape index (κ1) is 15.1. The molecule has 1 rings (SSSR count). The number of anilines is 1. The van der Waals surface area contributed by atoms with Gasteiger partial charge in [0.1, 0.15) is 0 Å². The number of benzene rings is 1. The van der Waals surface area contributed by atoms with E-state index in [1.165, 1.54) is 7.11 Å². The monoisotopic (exact) mass is 268 g/mol. The highest BCUT2D eigenvalue weighted by molar-refractivity contribution is 5.78. The van der Waals surface area contributed by atoms with Crippen LogP contribution in [0.15, 0.2) is 18.2 Å². The van der Waals surface area contributed by atoms with Gasteiger partial charge in [0.2, 0.25) is 0 Å². The van der Waals surface area contributed by atoms with E-state index in [-0.39, 0.29) is 18.6 Å². The number of hydrogen-bond donors (Lipinski definition) is 2. The van der Waals surface area contributed by atoms with Gasteiger partial charge < -0.3 is 25.3 Å². The molecule has 1 aromatic rings. The quantitative estimate of drug-likeness (QED) is 0.715. The van der Waals surface area contributed by atoms with Crippen LogP contribution in [0, 0.1) is 0 Å². The Morgan fingerprint density at radius 2 is 2.11 bits per heavy atom. The SMILES string of the molecule is COCC(C)NC(=O)COc1cc(N)ccc1OC. The average Bonchev–Trinajstić information content (AvgIpc) is 2.36. The minimum atomic E-state index is -0.228. The molecule has 0 heterocycles. The number of ether oxygens (including phenoxy) is 3. The zero-order valence-corrected chi connectivity index (χ0v) is 11.4. The number of amides is 1. The molecule has 3 N–H and O–H groups in total. The van der Waals surface area contributed by atoms with Crippen LogP contribution < -0.4 is 20.5 Å². The summed E-state index contributed by atoms with van der Waals surface area (Å²) in [5.74, 6) is 0.748. The van der Waals surface area contributed by atoms with Crippen molar-refractivity contribution in [2.45, 2.75) is 13.0 Å². The first-order valence-electron chi connectivity index (χ1n) is 5.91. The van der Waals surface area contributed by atoms with Gasteiger partial charge in [-0.1, -0.05) is 0 Å². The van der Waals surface area contributed by atoms with Crippen molar-refractivity contribution in [2.24, 2.45) is 0 Å². The zero-order chi connectivity index (χ0) is 14.3. The van der Waals surface area contributed by atoms with Gasteiger partial charge in [-0.25, -0.2) is 0 Å². The third-order valence-electron chi connectivity index (χ3n) is 2.37. The minimum Gasteiger partial charge on any atom is -0.493 e. The lowest BCUT2D eigenvalue weighted by atomic mass is 10.3. The van der Waals surface area contributed by atoms with Gasteiger partial charge in [0.15, 0.2) is 18.1 Å². The Hall–Kier alpha value is -1.95. The van der Waals surface area contributed by atoms with E-state index < -0.39 is 0 Å². The van der Waals surface area contributed by atoms with Crippen LogP contribution in [-0.4, -0.2) is 39.4 Å². The molecule has 0 aliphatic heterocycles. The summed E-state index contributed by atoms with van der Waals surface area (Å²) in [6, 6.07) is 4.94. The molecule has 0 aliphatic carbocycles. The molecule has 6 nitrogen and oxygen atoms in total. The highest BCUT2D eigenvalue weighted by atomic mass is 16.5. The fourth-order valence-corrected chi connectivity index (χ4v) is 1.56. The number of nitrogens with one attached hydrogen (secondary N) is 1. The first-order valence-corrected chi connectivity index (χ1v) is 5.91. The number of carbonyl (C=O) groups is 1. The van der Waals surface area contributed by atoms with Crippen LogP contribution >= 0.6 is 0 Å². The summed E-state index contributed by atoms with van der Waals surface area (Å²) in [6.45, 7) is 2.20. The van der Waals surface area contributed by atoms with E-state index in [1.54, 1.807) is 25.3 Å². The molecule has 0 spiro atoms. The predicted molar refractivity (Wildman–Crippen MR) is 72.4 cm³/mol. The molecular formula is C13H20N2O4. The molecule has 0 saturated heterocycles. The van der Waals surface area contributed by atoms with Crippen molar-refractivity contribution in [2.75, 3.05) is 33.2 Å². The van der Waals surface area contributed by atoms with Gasteiger partial charge in [-0.2, -0.15) is 0 Å². The Morgan fingerprint density at radius 3 is 2.74 bits per heavy atom. The summed E-state index contributed by atoms with van der Waals surface area (Å²) >= 11 is 0. The van der Waals surface area contributed by atoms with Crippen LogP contribution in [0.2, 0.25) is 0 Å². The number of carbonyl (C=O) groups excluding carboxylic acids is 1. The highest BCUT2D eigenvalue weighted by Crippen LogP contribution is 2.28. The molecule has 0 aliphatic rings. The van der Waals surface area contributed by atoms with Gasteiger partial charge >= 0.3 is 0 Å². The van der Waals surface area contributed by atoms with E-state index in [2.05, 4.69) is 5.32 Å². The average molecular weight is 268 g/mol. The van der Waals surface area contributed by atoms with Crippen LogP contribution in [0.25, 0.3) is 0 Å². The summed E-state index contributed by atoms with van der Waals surface area (Å²) in [4.78, 5) is 11.6. The molecular weight excluding hydrogens is 248 g/mol. The zero-order valence-electron chi connectivity index (χ0n) is 11.4. The Bertz CT molecular complexity index is 423. The molecule has 1 aromatic carbocycles. The van der Waals surface area contributed by atoms with Crippen molar-refractivity contribution < 1.29 is 19.0 Å². The molecule has 0 fully saturated rings. The fourth-order valence-electron chi connectivity index (χ4n) is 1.56. The van der Waals surface area contributed by atoms with E-state index >= 15 is 0 Å². The summed E-state index contributed by atoms with van der Waals surface area (Å²) in [5, 5.41) is 2.74. The van der Waals surface area contributed by atoms with Crippen LogP contribution in [0.1, 0.15) is 6.92 Å².